The van der Waals surface area contributed by atoms with E-state index in [0.717, 1.165) is 90.7 Å². The van der Waals surface area contributed by atoms with Crippen LogP contribution in [0.1, 0.15) is 141 Å². The van der Waals surface area contributed by atoms with Crippen LogP contribution < -0.4 is 15.0 Å². The van der Waals surface area contributed by atoms with E-state index in [1.54, 1.807) is 0 Å². The van der Waals surface area contributed by atoms with Crippen molar-refractivity contribution in [3.63, 3.8) is 0 Å². The first-order valence-corrected chi connectivity index (χ1v) is 28.5. The van der Waals surface area contributed by atoms with Crippen molar-refractivity contribution < 1.29 is 18.3 Å². The Morgan fingerprint density at radius 2 is 1.37 bits per heavy atom. The van der Waals surface area contributed by atoms with Crippen molar-refractivity contribution in [1.82, 2.24) is 0 Å². The fourth-order valence-corrected chi connectivity index (χ4v) is 14.2. The van der Waals surface area contributed by atoms with E-state index < -0.39 is 22.7 Å². The molecule has 1 unspecified atom stereocenters. The summed E-state index contributed by atoms with van der Waals surface area (Å²) in [4.78, 5) is 16.0. The second-order valence-corrected chi connectivity index (χ2v) is 23.2. The molecular weight excluding hydrogens is 1010 g/mol. The van der Waals surface area contributed by atoms with Crippen molar-refractivity contribution in [2.45, 2.75) is 108 Å². The molecule has 0 radical (unpaired) electrons. The van der Waals surface area contributed by atoms with Crippen LogP contribution >= 0.6 is 15.9 Å². The van der Waals surface area contributed by atoms with Crippen molar-refractivity contribution in [1.29, 1.82) is 0 Å². The molecule has 4 nitrogen and oxygen atoms in total. The fourth-order valence-electron chi connectivity index (χ4n) is 13.3. The number of amides is 1. The first-order chi connectivity index (χ1) is 37.0. The van der Waals surface area contributed by atoms with Gasteiger partial charge in [0.05, 0.1) is 5.39 Å². The molecule has 2 aliphatic carbocycles. The Morgan fingerprint density at radius 3 is 2.07 bits per heavy atom. The van der Waals surface area contributed by atoms with Crippen LogP contribution in [0.15, 0.2) is 162 Å². The number of carbonyl (C=O) groups is 1. The van der Waals surface area contributed by atoms with Crippen LogP contribution in [0.2, 0.25) is 0 Å². The lowest BCUT2D eigenvalue weighted by atomic mass is 9.76. The molecule has 2 aliphatic heterocycles. The zero-order chi connectivity index (χ0) is 52.1. The second kappa shape index (κ2) is 20.6. The average molecular weight is 1070 g/mol. The molecule has 1 amide bonds. The minimum absolute atomic E-state index is 0.182. The van der Waals surface area contributed by atoms with Crippen LogP contribution in [0.25, 0.3) is 50.2 Å². The van der Waals surface area contributed by atoms with Crippen LogP contribution in [0.3, 0.4) is 0 Å². The average Bonchev–Trinajstić information content (AvgIpc) is 3.73. The minimum atomic E-state index is -1.09. The topological polar surface area (TPSA) is 41.6 Å². The summed E-state index contributed by atoms with van der Waals surface area (Å²) < 4.78 is 40.9. The standard InChI is InChI=1S/C69H65BrF2N2O2/c1-4-5-8-13-44-16-18-45(19-17-44)46-20-22-47(23-21-46)48-24-26-50(27-25-48)67(75)73-55-32-28-49(29-33-55)51-40-59-62-58-42-54(71)43-61(72)63(58)66-57(65(62)68(2,3)64(59)60(70)41-51)36-37-69(76-66,52-14-9-6-10-15-52)53-30-34-56(35-31-53)74-38-11-7-12-39-74/h6,9-10,14-15,20-37,40-45H,4-5,7-8,11-13,16-19,38-39H2,1-3H3,(H,73,75)/t44-,45-,69?. The predicted molar refractivity (Wildman–Crippen MR) is 313 cm³/mol. The smallest absolute Gasteiger partial charge is 0.255 e. The first-order valence-electron chi connectivity index (χ1n) is 27.7. The zero-order valence-corrected chi connectivity index (χ0v) is 45.4. The highest BCUT2D eigenvalue weighted by Crippen LogP contribution is 2.60. The summed E-state index contributed by atoms with van der Waals surface area (Å²) in [6, 6.07) is 50.1. The SMILES string of the molecule is CCCCC[C@H]1CC[C@H](c2ccc(-c3ccc(C(=O)Nc4ccc(-c5cc(Br)c6c(c5)-c5c(c7c(c8c(F)cc(F)cc58)OC(c5ccccc5)(c5ccc(N8CCCCC8)cc5)C=C7)C6(C)C)cc4)cc3)cc2)CC1. The number of halogens is 3. The van der Waals surface area contributed by atoms with Gasteiger partial charge < -0.3 is 15.0 Å². The second-order valence-electron chi connectivity index (χ2n) is 22.4. The number of hydrogen-bond donors (Lipinski definition) is 1. The number of anilines is 2. The van der Waals surface area contributed by atoms with Crippen molar-refractivity contribution in [2.75, 3.05) is 23.3 Å². The number of nitrogens with one attached hydrogen (secondary N) is 1. The highest BCUT2D eigenvalue weighted by molar-refractivity contribution is 9.10. The molecule has 0 aromatic heterocycles. The summed E-state index contributed by atoms with van der Waals surface area (Å²) in [5.74, 6) is 0.443. The Kier molecular flexibility index (Phi) is 13.6. The molecule has 1 saturated heterocycles. The van der Waals surface area contributed by atoms with Gasteiger partial charge in [0.1, 0.15) is 17.4 Å². The summed E-state index contributed by atoms with van der Waals surface area (Å²) in [7, 11) is 0. The van der Waals surface area contributed by atoms with Gasteiger partial charge in [0.2, 0.25) is 0 Å². The van der Waals surface area contributed by atoms with Crippen LogP contribution in [-0.2, 0) is 11.0 Å². The van der Waals surface area contributed by atoms with Gasteiger partial charge in [0.25, 0.3) is 5.91 Å². The normalized spacial score (nSPS) is 19.4. The van der Waals surface area contributed by atoms with E-state index in [1.807, 2.05) is 66.7 Å². The van der Waals surface area contributed by atoms with Crippen LogP contribution in [0.5, 0.6) is 5.75 Å². The number of carbonyl (C=O) groups excluding carboxylic acids is 1. The predicted octanol–water partition coefficient (Wildman–Crippen LogP) is 19.0. The van der Waals surface area contributed by atoms with Crippen molar-refractivity contribution in [3.8, 4) is 39.1 Å². The van der Waals surface area contributed by atoms with Gasteiger partial charge in [-0.3, -0.25) is 4.79 Å². The lowest BCUT2D eigenvalue weighted by molar-refractivity contribution is 0.102. The van der Waals surface area contributed by atoms with E-state index >= 15 is 8.78 Å². The monoisotopic (exact) mass is 1070 g/mol. The Hall–Kier alpha value is -6.83. The Balaban J connectivity index is 0.811. The third-order valence-electron chi connectivity index (χ3n) is 17.3. The van der Waals surface area contributed by atoms with Gasteiger partial charge in [0, 0.05) is 62.7 Å². The molecular formula is C69H65BrF2N2O2. The van der Waals surface area contributed by atoms with Gasteiger partial charge in [-0.15, -0.1) is 0 Å². The molecule has 4 aliphatic rings. The number of benzene rings is 8. The van der Waals surface area contributed by atoms with Gasteiger partial charge in [-0.25, -0.2) is 8.78 Å². The van der Waals surface area contributed by atoms with Gasteiger partial charge in [0.15, 0.2) is 5.60 Å². The summed E-state index contributed by atoms with van der Waals surface area (Å²) in [6.07, 6.45) is 18.5. The van der Waals surface area contributed by atoms with Crippen LogP contribution in [-0.4, -0.2) is 19.0 Å². The van der Waals surface area contributed by atoms with Gasteiger partial charge in [-0.1, -0.05) is 159 Å². The lowest BCUT2D eigenvalue weighted by Gasteiger charge is -2.39. The molecule has 2 heterocycles. The van der Waals surface area contributed by atoms with Crippen LogP contribution in [0.4, 0.5) is 20.2 Å². The van der Waals surface area contributed by atoms with Crippen molar-refractivity contribution in [2.24, 2.45) is 5.92 Å². The summed E-state index contributed by atoms with van der Waals surface area (Å²) in [5.41, 5.74) is 12.6. The molecule has 0 bridgehead atoms. The van der Waals surface area contributed by atoms with Crippen molar-refractivity contribution >= 4 is 50.1 Å². The summed E-state index contributed by atoms with van der Waals surface area (Å²) in [5, 5.41) is 3.81. The minimum Gasteiger partial charge on any atom is -0.472 e. The molecule has 7 heteroatoms. The summed E-state index contributed by atoms with van der Waals surface area (Å²) in [6.45, 7) is 8.72. The summed E-state index contributed by atoms with van der Waals surface area (Å²) >= 11 is 4.00. The van der Waals surface area contributed by atoms with E-state index in [1.165, 1.54) is 87.9 Å². The van der Waals surface area contributed by atoms with E-state index in [2.05, 4.69) is 132 Å². The lowest BCUT2D eigenvalue weighted by Crippen LogP contribution is -2.35. The number of fused-ring (bicyclic) bond motifs is 8. The number of nitrogens with zero attached hydrogens (tertiary/aromatic N) is 1. The van der Waals surface area contributed by atoms with E-state index in [-0.39, 0.29) is 11.3 Å². The zero-order valence-electron chi connectivity index (χ0n) is 43.8. The Labute approximate surface area is 455 Å². The number of rotatable bonds is 12. The molecule has 384 valence electrons. The molecule has 2 fully saturated rings. The number of piperidine rings is 1. The maximum absolute atomic E-state index is 16.9. The molecule has 76 heavy (non-hydrogen) atoms. The first kappa shape index (κ1) is 50.0. The van der Waals surface area contributed by atoms with E-state index in [9.17, 15) is 4.79 Å². The molecule has 1 N–H and O–H groups in total. The van der Waals surface area contributed by atoms with E-state index in [4.69, 9.17) is 4.74 Å². The largest absolute Gasteiger partial charge is 0.472 e. The molecule has 0 spiro atoms. The van der Waals surface area contributed by atoms with E-state index in [0.29, 0.717) is 28.3 Å². The number of unbranched alkanes of at least 4 members (excludes halogenated alkanes) is 2. The van der Waals surface area contributed by atoms with Crippen molar-refractivity contribution in [3.05, 3.63) is 213 Å². The highest BCUT2D eigenvalue weighted by Gasteiger charge is 2.46. The third-order valence-corrected chi connectivity index (χ3v) is 17.9. The maximum atomic E-state index is 16.9. The number of hydrogen-bond acceptors (Lipinski definition) is 3. The molecule has 1 saturated carbocycles. The Bertz CT molecular complexity index is 3480. The Morgan fingerprint density at radius 1 is 0.711 bits per heavy atom. The molecule has 1 atom stereocenters. The van der Waals surface area contributed by atoms with Crippen LogP contribution in [0, 0.1) is 17.6 Å². The van der Waals surface area contributed by atoms with Gasteiger partial charge in [-0.2, -0.15) is 0 Å². The third kappa shape index (κ3) is 9.16. The quantitative estimate of drug-likeness (QED) is 0.124. The van der Waals surface area contributed by atoms with Gasteiger partial charge in [-0.05, 0) is 173 Å². The highest BCUT2D eigenvalue weighted by atomic mass is 79.9. The molecule has 8 aromatic carbocycles. The molecule has 12 rings (SSSR count). The fraction of sp³-hybridized carbons (Fsp3) is 0.290. The maximum Gasteiger partial charge on any atom is 0.255 e. The number of ether oxygens (including phenoxy) is 1. The molecule has 8 aromatic rings. The van der Waals surface area contributed by atoms with Gasteiger partial charge >= 0.3 is 0 Å².